The van der Waals surface area contributed by atoms with Crippen molar-refractivity contribution in [3.05, 3.63) is 68.9 Å². The van der Waals surface area contributed by atoms with Crippen LogP contribution in [0.2, 0.25) is 0 Å². The minimum atomic E-state index is -0.562. The number of rotatable bonds is 2. The van der Waals surface area contributed by atoms with Crippen molar-refractivity contribution in [1.29, 1.82) is 0 Å². The molecule has 4 nitrogen and oxygen atoms in total. The summed E-state index contributed by atoms with van der Waals surface area (Å²) in [4.78, 5) is 24.8. The number of methoxy groups -OCH3 is 2. The Hall–Kier alpha value is -2.62. The molecule has 2 aliphatic rings. The van der Waals surface area contributed by atoms with Crippen LogP contribution in [-0.2, 0) is 19.1 Å². The summed E-state index contributed by atoms with van der Waals surface area (Å²) in [5.74, 6) is -1.12. The molecule has 24 heavy (non-hydrogen) atoms. The molecule has 2 rings (SSSR count). The first kappa shape index (κ1) is 17.7. The predicted octanol–water partition coefficient (Wildman–Crippen LogP) is 3.74. The van der Waals surface area contributed by atoms with Gasteiger partial charge < -0.3 is 9.47 Å². The lowest BCUT2D eigenvalue weighted by atomic mass is 10.0. The molecule has 126 valence electrons. The highest BCUT2D eigenvalue weighted by molar-refractivity contribution is 6.09. The zero-order chi connectivity index (χ0) is 18.0. The molecule has 0 N–H and O–H groups in total. The van der Waals surface area contributed by atoms with E-state index in [1.165, 1.54) is 14.2 Å². The number of ether oxygens (including phenoxy) is 2. The predicted molar refractivity (Wildman–Crippen MR) is 93.1 cm³/mol. The van der Waals surface area contributed by atoms with Gasteiger partial charge in [0.25, 0.3) is 0 Å². The van der Waals surface area contributed by atoms with Crippen molar-refractivity contribution in [1.82, 2.24) is 0 Å². The number of allylic oxidation sites excluding steroid dienone is 10. The van der Waals surface area contributed by atoms with Crippen LogP contribution in [-0.4, -0.2) is 26.2 Å². The summed E-state index contributed by atoms with van der Waals surface area (Å²) < 4.78 is 9.84. The first-order valence-corrected chi connectivity index (χ1v) is 7.70. The molecule has 2 aliphatic carbocycles. The Morgan fingerprint density at radius 2 is 1.42 bits per heavy atom. The van der Waals surface area contributed by atoms with Crippen molar-refractivity contribution in [2.45, 2.75) is 27.7 Å². The third kappa shape index (κ3) is 3.04. The molecule has 0 saturated heterocycles. The highest BCUT2D eigenvalue weighted by atomic mass is 16.5. The minimum absolute atomic E-state index is 0.203. The molecule has 0 unspecified atom stereocenters. The van der Waals surface area contributed by atoms with Crippen molar-refractivity contribution in [3.63, 3.8) is 0 Å². The quantitative estimate of drug-likeness (QED) is 0.572. The number of hydrogen-bond donors (Lipinski definition) is 0. The molecule has 0 bridgehead atoms. The Morgan fingerprint density at radius 3 is 2.00 bits per heavy atom. The second-order valence-electron chi connectivity index (χ2n) is 5.94. The van der Waals surface area contributed by atoms with Gasteiger partial charge in [-0.1, -0.05) is 23.8 Å². The van der Waals surface area contributed by atoms with E-state index >= 15 is 0 Å². The summed E-state index contributed by atoms with van der Waals surface area (Å²) in [7, 11) is 2.61. The SMILES string of the molecule is COC(=O)C1=C[13CH]=C(C)C2=C(C)C=C(C)C=C(C)[13C]2=C1C(=O)OC. The maximum atomic E-state index is 12.5. The topological polar surface area (TPSA) is 52.6 Å². The van der Waals surface area contributed by atoms with Gasteiger partial charge in [-0.15, -0.1) is 0 Å². The van der Waals surface area contributed by atoms with Gasteiger partial charge in [0.2, 0.25) is 0 Å². The maximum Gasteiger partial charge on any atom is 0.339 e. The Kier molecular flexibility index (Phi) is 5.07. The Labute approximate surface area is 142 Å². The largest absolute Gasteiger partial charge is 0.465 e. The zero-order valence-electron chi connectivity index (χ0n) is 14.9. The molecule has 0 aromatic rings. The number of carbonyl (C=O) groups excluding carboxylic acids is 2. The van der Waals surface area contributed by atoms with Crippen LogP contribution in [0.3, 0.4) is 0 Å². The second-order valence-corrected chi connectivity index (χ2v) is 5.94. The fourth-order valence-corrected chi connectivity index (χ4v) is 3.20. The summed E-state index contributed by atoms with van der Waals surface area (Å²) in [6.07, 6.45) is 7.53. The van der Waals surface area contributed by atoms with Crippen molar-refractivity contribution < 1.29 is 19.1 Å². The van der Waals surface area contributed by atoms with Crippen LogP contribution >= 0.6 is 0 Å². The summed E-state index contributed by atoms with van der Waals surface area (Å²) in [5, 5.41) is 0. The van der Waals surface area contributed by atoms with Gasteiger partial charge in [0.15, 0.2) is 0 Å². The monoisotopic (exact) mass is 328 g/mol. The summed E-state index contributed by atoms with van der Waals surface area (Å²) in [6.45, 7) is 7.90. The van der Waals surface area contributed by atoms with E-state index in [9.17, 15) is 9.59 Å². The lowest BCUT2D eigenvalue weighted by Gasteiger charge is -2.18. The zero-order valence-corrected chi connectivity index (χ0v) is 14.9. The molecule has 0 saturated carbocycles. The number of carbonyl (C=O) groups is 2. The molecule has 0 amide bonds. The van der Waals surface area contributed by atoms with E-state index in [2.05, 4.69) is 6.08 Å². The van der Waals surface area contributed by atoms with Gasteiger partial charge in [-0.25, -0.2) is 9.59 Å². The normalized spacial score (nSPS) is 17.8. The van der Waals surface area contributed by atoms with Gasteiger partial charge in [-0.2, -0.15) is 0 Å². The fraction of sp³-hybridized carbons (Fsp3) is 0.300. The third-order valence-corrected chi connectivity index (χ3v) is 4.14. The van der Waals surface area contributed by atoms with E-state index in [-0.39, 0.29) is 11.1 Å². The molecule has 0 aromatic heterocycles. The van der Waals surface area contributed by atoms with Gasteiger partial charge in [0.05, 0.1) is 25.4 Å². The summed E-state index contributed by atoms with van der Waals surface area (Å²) >= 11 is 0. The smallest absolute Gasteiger partial charge is 0.339 e. The molecule has 4 heteroatoms. The second kappa shape index (κ2) is 6.87. The Morgan fingerprint density at radius 1 is 0.792 bits per heavy atom. The first-order chi connectivity index (χ1) is 11.3. The van der Waals surface area contributed by atoms with Gasteiger partial charge in [-0.3, -0.25) is 0 Å². The molecule has 0 radical (unpaired) electrons. The van der Waals surface area contributed by atoms with E-state index < -0.39 is 11.9 Å². The molecule has 0 spiro atoms. The van der Waals surface area contributed by atoms with Crippen LogP contribution in [0, 0.1) is 0 Å². The van der Waals surface area contributed by atoms with Crippen molar-refractivity contribution in [2.24, 2.45) is 0 Å². The van der Waals surface area contributed by atoms with Crippen LogP contribution in [0.4, 0.5) is 0 Å². The van der Waals surface area contributed by atoms with Crippen LogP contribution < -0.4 is 0 Å². The lowest BCUT2D eigenvalue weighted by molar-refractivity contribution is -0.139. The number of hydrogen-bond acceptors (Lipinski definition) is 4. The van der Waals surface area contributed by atoms with Gasteiger partial charge in [0.1, 0.15) is 0 Å². The molecular weight excluding hydrogens is 306 g/mol. The van der Waals surface area contributed by atoms with E-state index in [4.69, 9.17) is 9.47 Å². The van der Waals surface area contributed by atoms with Crippen LogP contribution in [0.15, 0.2) is 68.9 Å². The highest BCUT2D eigenvalue weighted by Crippen LogP contribution is 2.39. The van der Waals surface area contributed by atoms with Crippen LogP contribution in [0.5, 0.6) is 0 Å². The third-order valence-electron chi connectivity index (χ3n) is 4.14. The van der Waals surface area contributed by atoms with E-state index in [0.717, 1.165) is 33.4 Å². The number of esters is 2. The average molecular weight is 328 g/mol. The highest BCUT2D eigenvalue weighted by Gasteiger charge is 2.31. The lowest BCUT2D eigenvalue weighted by Crippen LogP contribution is -2.18. The molecular formula is C20H22O4. The molecule has 0 aliphatic heterocycles. The summed E-state index contributed by atoms with van der Waals surface area (Å²) in [5.41, 5.74) is 6.09. The first-order valence-electron chi connectivity index (χ1n) is 7.70. The van der Waals surface area contributed by atoms with Crippen LogP contribution in [0.25, 0.3) is 0 Å². The van der Waals surface area contributed by atoms with E-state index in [0.29, 0.717) is 0 Å². The van der Waals surface area contributed by atoms with E-state index in [1.54, 1.807) is 6.08 Å². The van der Waals surface area contributed by atoms with Crippen LogP contribution in [0.1, 0.15) is 27.7 Å². The Bertz CT molecular complexity index is 795. The van der Waals surface area contributed by atoms with Gasteiger partial charge in [0, 0.05) is 5.57 Å². The standard InChI is InChI=1S/C20H22O4/c1-11-9-13(3)16-12(2)7-8-15(19(21)23-5)18(20(22)24-6)17(16)14(4)10-11/h7-10H,1-6H3/i7+1,17+1. The number of fused-ring (bicyclic) bond motifs is 1. The van der Waals surface area contributed by atoms with Gasteiger partial charge in [-0.05, 0) is 56.1 Å². The fourth-order valence-electron chi connectivity index (χ4n) is 3.20. The van der Waals surface area contributed by atoms with Crippen molar-refractivity contribution in [3.8, 4) is 0 Å². The molecule has 0 aromatic carbocycles. The summed E-state index contributed by atoms with van der Waals surface area (Å²) in [6, 6.07) is 0. The molecule has 0 heterocycles. The van der Waals surface area contributed by atoms with Crippen molar-refractivity contribution >= 4 is 11.9 Å². The average Bonchev–Trinajstić information content (AvgIpc) is 2.75. The molecule has 0 fully saturated rings. The maximum absolute atomic E-state index is 12.5. The van der Waals surface area contributed by atoms with Crippen molar-refractivity contribution in [2.75, 3.05) is 14.2 Å². The van der Waals surface area contributed by atoms with Gasteiger partial charge >= 0.3 is 11.9 Å². The van der Waals surface area contributed by atoms with E-state index in [1.807, 2.05) is 39.8 Å². The Balaban J connectivity index is 2.96. The molecule has 0 atom stereocenters. The minimum Gasteiger partial charge on any atom is -0.465 e.